The molecule has 0 bridgehead atoms. The maximum atomic E-state index is 10.6. The molecule has 0 radical (unpaired) electrons. The Balaban J connectivity index is 3.11. The number of carboxylic acids is 1. The van der Waals surface area contributed by atoms with E-state index in [1.54, 1.807) is 19.3 Å². The molecule has 0 fully saturated rings. The normalized spacial score (nSPS) is 12.6. The van der Waals surface area contributed by atoms with Gasteiger partial charge in [0, 0.05) is 12.7 Å². The smallest absolute Gasteiger partial charge is 0.328 e. The van der Waals surface area contributed by atoms with Gasteiger partial charge in [-0.05, 0) is 43.2 Å². The van der Waals surface area contributed by atoms with Crippen LogP contribution in [0.3, 0.4) is 0 Å². The number of methoxy groups -OCH3 is 1. The van der Waals surface area contributed by atoms with Crippen molar-refractivity contribution in [3.8, 4) is 5.75 Å². The van der Waals surface area contributed by atoms with Gasteiger partial charge in [-0.1, -0.05) is 6.07 Å². The van der Waals surface area contributed by atoms with E-state index < -0.39 is 5.97 Å². The fourth-order valence-corrected chi connectivity index (χ4v) is 1.68. The first kappa shape index (κ1) is 14.3. The van der Waals surface area contributed by atoms with Gasteiger partial charge in [0.1, 0.15) is 5.75 Å². The third-order valence-electron chi connectivity index (χ3n) is 2.55. The predicted molar refractivity (Wildman–Crippen MR) is 69.7 cm³/mol. The number of carboxylic acid groups (broad SMARTS) is 1. The quantitative estimate of drug-likeness (QED) is 0.789. The molecular weight excluding hydrogens is 232 g/mol. The minimum absolute atomic E-state index is 0.112. The third-order valence-corrected chi connectivity index (χ3v) is 2.55. The van der Waals surface area contributed by atoms with Gasteiger partial charge in [0.05, 0.1) is 13.2 Å². The summed E-state index contributed by atoms with van der Waals surface area (Å²) < 4.78 is 10.7. The summed E-state index contributed by atoms with van der Waals surface area (Å²) in [5, 5.41) is 8.67. The van der Waals surface area contributed by atoms with E-state index in [1.165, 1.54) is 0 Å². The van der Waals surface area contributed by atoms with Crippen molar-refractivity contribution in [1.82, 2.24) is 0 Å². The lowest BCUT2D eigenvalue weighted by Crippen LogP contribution is -2.02. The lowest BCUT2D eigenvalue weighted by atomic mass is 10.0. The molecule has 0 amide bonds. The maximum Gasteiger partial charge on any atom is 0.328 e. The highest BCUT2D eigenvalue weighted by molar-refractivity contribution is 5.85. The number of benzene rings is 1. The van der Waals surface area contributed by atoms with Gasteiger partial charge in [0.15, 0.2) is 0 Å². The van der Waals surface area contributed by atoms with Crippen molar-refractivity contribution in [3.05, 3.63) is 35.4 Å². The van der Waals surface area contributed by atoms with E-state index in [0.29, 0.717) is 6.61 Å². The molecule has 4 heteroatoms. The number of aliphatic carboxylic acids is 1. The fourth-order valence-electron chi connectivity index (χ4n) is 1.68. The second-order valence-corrected chi connectivity index (χ2v) is 3.76. The Morgan fingerprint density at radius 2 is 2.22 bits per heavy atom. The molecule has 1 N–H and O–H groups in total. The van der Waals surface area contributed by atoms with E-state index in [-0.39, 0.29) is 6.10 Å². The Kier molecular flexibility index (Phi) is 5.39. The van der Waals surface area contributed by atoms with Crippen LogP contribution >= 0.6 is 0 Å². The molecule has 0 saturated carbocycles. The zero-order chi connectivity index (χ0) is 13.5. The fraction of sp³-hybridized carbons (Fsp3) is 0.357. The summed E-state index contributed by atoms with van der Waals surface area (Å²) in [7, 11) is 1.59. The lowest BCUT2D eigenvalue weighted by Gasteiger charge is -2.16. The van der Waals surface area contributed by atoms with Gasteiger partial charge in [-0.15, -0.1) is 0 Å². The highest BCUT2D eigenvalue weighted by Crippen LogP contribution is 2.26. The first-order chi connectivity index (χ1) is 8.58. The van der Waals surface area contributed by atoms with Gasteiger partial charge in [0.2, 0.25) is 0 Å². The Morgan fingerprint density at radius 1 is 1.50 bits per heavy atom. The third kappa shape index (κ3) is 3.89. The molecule has 0 heterocycles. The van der Waals surface area contributed by atoms with Crippen LogP contribution in [0.25, 0.3) is 6.08 Å². The van der Waals surface area contributed by atoms with E-state index in [1.807, 2.05) is 26.0 Å². The van der Waals surface area contributed by atoms with E-state index in [9.17, 15) is 4.79 Å². The van der Waals surface area contributed by atoms with Crippen LogP contribution in [0.5, 0.6) is 5.75 Å². The monoisotopic (exact) mass is 250 g/mol. The van der Waals surface area contributed by atoms with Crippen LogP contribution in [-0.4, -0.2) is 24.8 Å². The summed E-state index contributed by atoms with van der Waals surface area (Å²) in [5.41, 5.74) is 1.73. The van der Waals surface area contributed by atoms with Crippen LogP contribution in [0.15, 0.2) is 24.3 Å². The van der Waals surface area contributed by atoms with Crippen molar-refractivity contribution >= 4 is 12.0 Å². The Bertz CT molecular complexity index is 437. The minimum Gasteiger partial charge on any atom is -0.497 e. The van der Waals surface area contributed by atoms with Crippen molar-refractivity contribution in [3.63, 3.8) is 0 Å². The molecule has 1 aromatic rings. The summed E-state index contributed by atoms with van der Waals surface area (Å²) in [6, 6.07) is 5.48. The Morgan fingerprint density at radius 3 is 2.78 bits per heavy atom. The molecular formula is C14H18O4. The number of rotatable bonds is 6. The topological polar surface area (TPSA) is 55.8 Å². The maximum absolute atomic E-state index is 10.6. The Labute approximate surface area is 107 Å². The molecule has 0 aromatic heterocycles. The minimum atomic E-state index is -0.971. The van der Waals surface area contributed by atoms with E-state index in [0.717, 1.165) is 23.0 Å². The second-order valence-electron chi connectivity index (χ2n) is 3.76. The average Bonchev–Trinajstić information content (AvgIpc) is 2.36. The second kappa shape index (κ2) is 6.81. The standard InChI is InChI=1S/C14H18O4/c1-4-18-10(2)13-9-12(17-3)7-5-11(13)6-8-14(15)16/h5-10H,4H2,1-3H3,(H,15,16). The summed E-state index contributed by atoms with van der Waals surface area (Å²) in [5.74, 6) is -0.246. The summed E-state index contributed by atoms with van der Waals surface area (Å²) >= 11 is 0. The summed E-state index contributed by atoms with van der Waals surface area (Å²) in [4.78, 5) is 10.6. The predicted octanol–water partition coefficient (Wildman–Crippen LogP) is 2.89. The molecule has 1 rings (SSSR count). The first-order valence-electron chi connectivity index (χ1n) is 5.79. The van der Waals surface area contributed by atoms with Crippen molar-refractivity contribution in [1.29, 1.82) is 0 Å². The van der Waals surface area contributed by atoms with Gasteiger partial charge in [-0.25, -0.2) is 4.79 Å². The van der Waals surface area contributed by atoms with Gasteiger partial charge < -0.3 is 14.6 Å². The Hall–Kier alpha value is -1.81. The zero-order valence-corrected chi connectivity index (χ0v) is 10.8. The van der Waals surface area contributed by atoms with E-state index >= 15 is 0 Å². The number of carbonyl (C=O) groups is 1. The van der Waals surface area contributed by atoms with Crippen molar-refractivity contribution < 1.29 is 19.4 Å². The SMILES string of the molecule is CCOC(C)c1cc(OC)ccc1C=CC(=O)O. The average molecular weight is 250 g/mol. The number of ether oxygens (including phenoxy) is 2. The molecule has 4 nitrogen and oxygen atoms in total. The molecule has 1 unspecified atom stereocenters. The van der Waals surface area contributed by atoms with Crippen molar-refractivity contribution in [2.45, 2.75) is 20.0 Å². The van der Waals surface area contributed by atoms with Crippen molar-refractivity contribution in [2.24, 2.45) is 0 Å². The van der Waals surface area contributed by atoms with Gasteiger partial charge in [-0.3, -0.25) is 0 Å². The molecule has 0 aliphatic rings. The van der Waals surface area contributed by atoms with Crippen LogP contribution in [0.2, 0.25) is 0 Å². The molecule has 1 atom stereocenters. The zero-order valence-electron chi connectivity index (χ0n) is 10.8. The van der Waals surface area contributed by atoms with Crippen LogP contribution < -0.4 is 4.74 Å². The highest BCUT2D eigenvalue weighted by atomic mass is 16.5. The summed E-state index contributed by atoms with van der Waals surface area (Å²) in [6.45, 7) is 4.44. The summed E-state index contributed by atoms with van der Waals surface area (Å²) in [6.07, 6.45) is 2.56. The molecule has 1 aromatic carbocycles. The van der Waals surface area contributed by atoms with Gasteiger partial charge in [-0.2, -0.15) is 0 Å². The molecule has 0 spiro atoms. The highest BCUT2D eigenvalue weighted by Gasteiger charge is 2.10. The lowest BCUT2D eigenvalue weighted by molar-refractivity contribution is -0.131. The molecule has 18 heavy (non-hydrogen) atoms. The number of hydrogen-bond donors (Lipinski definition) is 1. The number of hydrogen-bond acceptors (Lipinski definition) is 3. The molecule has 0 aliphatic carbocycles. The first-order valence-corrected chi connectivity index (χ1v) is 5.79. The van der Waals surface area contributed by atoms with Crippen LogP contribution in [0.1, 0.15) is 31.1 Å². The molecule has 0 aliphatic heterocycles. The largest absolute Gasteiger partial charge is 0.497 e. The van der Waals surface area contributed by atoms with E-state index in [2.05, 4.69) is 0 Å². The van der Waals surface area contributed by atoms with Crippen LogP contribution in [-0.2, 0) is 9.53 Å². The molecule has 98 valence electrons. The van der Waals surface area contributed by atoms with Crippen LogP contribution in [0.4, 0.5) is 0 Å². The van der Waals surface area contributed by atoms with Gasteiger partial charge >= 0.3 is 5.97 Å². The van der Waals surface area contributed by atoms with Gasteiger partial charge in [0.25, 0.3) is 0 Å². The van der Waals surface area contributed by atoms with Crippen molar-refractivity contribution in [2.75, 3.05) is 13.7 Å². The van der Waals surface area contributed by atoms with Crippen LogP contribution in [0, 0.1) is 0 Å². The molecule has 0 saturated heterocycles. The van der Waals surface area contributed by atoms with E-state index in [4.69, 9.17) is 14.6 Å².